The van der Waals surface area contributed by atoms with E-state index in [-0.39, 0.29) is 17.5 Å². The topological polar surface area (TPSA) is 51.0 Å². The summed E-state index contributed by atoms with van der Waals surface area (Å²) >= 11 is 0. The Morgan fingerprint density at radius 1 is 1.12 bits per heavy atom. The Hall–Kier alpha value is -2.24. The maximum Gasteiger partial charge on any atom is 0.293 e. The van der Waals surface area contributed by atoms with Crippen molar-refractivity contribution in [2.45, 2.75) is 51.5 Å². The van der Waals surface area contributed by atoms with E-state index in [1.807, 2.05) is 11.8 Å². The van der Waals surface area contributed by atoms with Crippen LogP contribution in [0.2, 0.25) is 0 Å². The molecular formula is C19H23FN4O. The van der Waals surface area contributed by atoms with E-state index in [2.05, 4.69) is 10.1 Å². The molecule has 5 nitrogen and oxygen atoms in total. The molecule has 0 bridgehead atoms. The first kappa shape index (κ1) is 16.2. The molecular weight excluding hydrogens is 319 g/mol. The van der Waals surface area contributed by atoms with Crippen LogP contribution in [0.3, 0.4) is 0 Å². The van der Waals surface area contributed by atoms with E-state index >= 15 is 0 Å². The van der Waals surface area contributed by atoms with Gasteiger partial charge in [0.25, 0.3) is 5.91 Å². The number of fused-ring (bicyclic) bond motifs is 1. The summed E-state index contributed by atoms with van der Waals surface area (Å²) in [4.78, 5) is 19.4. The quantitative estimate of drug-likeness (QED) is 0.839. The molecule has 1 aromatic heterocycles. The van der Waals surface area contributed by atoms with Gasteiger partial charge in [0.15, 0.2) is 0 Å². The number of nitrogens with zero attached hydrogens (tertiary/aromatic N) is 4. The molecule has 25 heavy (non-hydrogen) atoms. The highest BCUT2D eigenvalue weighted by Gasteiger charge is 2.37. The van der Waals surface area contributed by atoms with Crippen molar-refractivity contribution in [1.29, 1.82) is 0 Å². The summed E-state index contributed by atoms with van der Waals surface area (Å²) in [7, 11) is 0. The Morgan fingerprint density at radius 3 is 2.64 bits per heavy atom. The highest BCUT2D eigenvalue weighted by atomic mass is 19.1. The zero-order valence-corrected chi connectivity index (χ0v) is 14.5. The number of likely N-dealkylation sites (tertiary alicyclic amines) is 1. The molecule has 1 aliphatic heterocycles. The summed E-state index contributed by atoms with van der Waals surface area (Å²) in [5.74, 6) is 1.14. The maximum atomic E-state index is 13.1. The van der Waals surface area contributed by atoms with Crippen LogP contribution in [0.1, 0.15) is 55.0 Å². The van der Waals surface area contributed by atoms with Crippen molar-refractivity contribution in [2.75, 3.05) is 6.54 Å². The minimum Gasteiger partial charge on any atom is -0.333 e. The lowest BCUT2D eigenvalue weighted by Gasteiger charge is -2.43. The SMILES string of the molecule is Cc1nc(C(=O)N2CCC[C@@H]3CCCC[C@H]32)nn1-c1ccc(F)cc1. The summed E-state index contributed by atoms with van der Waals surface area (Å²) in [6.07, 6.45) is 7.08. The van der Waals surface area contributed by atoms with Gasteiger partial charge in [0.1, 0.15) is 11.6 Å². The molecule has 2 fully saturated rings. The van der Waals surface area contributed by atoms with Crippen molar-refractivity contribution in [3.8, 4) is 5.69 Å². The minimum atomic E-state index is -0.297. The van der Waals surface area contributed by atoms with Crippen LogP contribution in [0.5, 0.6) is 0 Å². The molecule has 4 rings (SSSR count). The molecule has 0 unspecified atom stereocenters. The first-order valence-electron chi connectivity index (χ1n) is 9.14. The summed E-state index contributed by atoms with van der Waals surface area (Å²) in [6, 6.07) is 6.39. The lowest BCUT2D eigenvalue weighted by Crippen LogP contribution is -2.49. The first-order chi connectivity index (χ1) is 12.1. The van der Waals surface area contributed by atoms with Crippen LogP contribution in [0.4, 0.5) is 4.39 Å². The molecule has 0 radical (unpaired) electrons. The summed E-state index contributed by atoms with van der Waals surface area (Å²) in [5, 5.41) is 4.41. The third-order valence-electron chi connectivity index (χ3n) is 5.54. The van der Waals surface area contributed by atoms with Crippen LogP contribution in [-0.4, -0.2) is 38.2 Å². The van der Waals surface area contributed by atoms with Gasteiger partial charge in [-0.1, -0.05) is 12.8 Å². The summed E-state index contributed by atoms with van der Waals surface area (Å²) < 4.78 is 14.7. The van der Waals surface area contributed by atoms with Crippen molar-refractivity contribution < 1.29 is 9.18 Å². The molecule has 1 aliphatic carbocycles. The Morgan fingerprint density at radius 2 is 1.84 bits per heavy atom. The highest BCUT2D eigenvalue weighted by Crippen LogP contribution is 2.35. The number of aromatic nitrogens is 3. The second-order valence-corrected chi connectivity index (χ2v) is 7.12. The molecule has 1 saturated heterocycles. The van der Waals surface area contributed by atoms with Crippen molar-refractivity contribution >= 4 is 5.91 Å². The van der Waals surface area contributed by atoms with Gasteiger partial charge in [-0.2, -0.15) is 0 Å². The van der Waals surface area contributed by atoms with Crippen LogP contribution in [0.15, 0.2) is 24.3 Å². The Balaban J connectivity index is 1.60. The summed E-state index contributed by atoms with van der Waals surface area (Å²) in [5.41, 5.74) is 0.708. The molecule has 1 amide bonds. The van der Waals surface area contributed by atoms with Crippen LogP contribution < -0.4 is 0 Å². The molecule has 0 N–H and O–H groups in total. The molecule has 2 aliphatic rings. The second-order valence-electron chi connectivity index (χ2n) is 7.12. The van der Waals surface area contributed by atoms with Gasteiger partial charge in [0.2, 0.25) is 5.82 Å². The number of carbonyl (C=O) groups is 1. The Bertz CT molecular complexity index is 768. The monoisotopic (exact) mass is 342 g/mol. The second kappa shape index (κ2) is 6.58. The minimum absolute atomic E-state index is 0.0689. The van der Waals surface area contributed by atoms with Crippen LogP contribution in [0, 0.1) is 18.7 Å². The number of halogens is 1. The number of aryl methyl sites for hydroxylation is 1. The molecule has 2 heterocycles. The summed E-state index contributed by atoms with van der Waals surface area (Å²) in [6.45, 7) is 2.61. The zero-order valence-electron chi connectivity index (χ0n) is 14.5. The van der Waals surface area contributed by atoms with Gasteiger partial charge in [-0.15, -0.1) is 5.10 Å². The fourth-order valence-electron chi connectivity index (χ4n) is 4.31. The lowest BCUT2D eigenvalue weighted by molar-refractivity contribution is 0.0379. The fourth-order valence-corrected chi connectivity index (χ4v) is 4.31. The van der Waals surface area contributed by atoms with Crippen molar-refractivity contribution in [3.63, 3.8) is 0 Å². The van der Waals surface area contributed by atoms with Gasteiger partial charge in [0, 0.05) is 12.6 Å². The molecule has 2 atom stereocenters. The van der Waals surface area contributed by atoms with E-state index in [4.69, 9.17) is 0 Å². The van der Waals surface area contributed by atoms with Crippen LogP contribution in [-0.2, 0) is 0 Å². The van der Waals surface area contributed by atoms with Gasteiger partial charge in [-0.25, -0.2) is 14.1 Å². The molecule has 1 saturated carbocycles. The number of benzene rings is 1. The average Bonchev–Trinajstić information content (AvgIpc) is 3.03. The van der Waals surface area contributed by atoms with Crippen molar-refractivity contribution in [3.05, 3.63) is 41.7 Å². The molecule has 1 aromatic carbocycles. The smallest absolute Gasteiger partial charge is 0.293 e. The molecule has 0 spiro atoms. The van der Waals surface area contributed by atoms with Gasteiger partial charge in [0.05, 0.1) is 5.69 Å². The first-order valence-corrected chi connectivity index (χ1v) is 9.14. The molecule has 6 heteroatoms. The predicted molar refractivity (Wildman–Crippen MR) is 92.1 cm³/mol. The number of hydrogen-bond acceptors (Lipinski definition) is 3. The number of carbonyl (C=O) groups excluding carboxylic acids is 1. The fraction of sp³-hybridized carbons (Fsp3) is 0.526. The third-order valence-corrected chi connectivity index (χ3v) is 5.54. The Kier molecular flexibility index (Phi) is 4.27. The van der Waals surface area contributed by atoms with Crippen LogP contribution >= 0.6 is 0 Å². The van der Waals surface area contributed by atoms with Crippen LogP contribution in [0.25, 0.3) is 5.69 Å². The van der Waals surface area contributed by atoms with Gasteiger partial charge < -0.3 is 4.90 Å². The predicted octanol–water partition coefficient (Wildman–Crippen LogP) is 3.51. The number of hydrogen-bond donors (Lipinski definition) is 0. The Labute approximate surface area is 146 Å². The highest BCUT2D eigenvalue weighted by molar-refractivity contribution is 5.90. The zero-order chi connectivity index (χ0) is 17.4. The number of piperidine rings is 1. The van der Waals surface area contributed by atoms with E-state index in [9.17, 15) is 9.18 Å². The molecule has 132 valence electrons. The standard InChI is InChI=1S/C19H23FN4O/c1-13-21-18(22-24(13)16-10-8-15(20)9-11-16)19(25)23-12-4-6-14-5-2-3-7-17(14)23/h8-11,14,17H,2-7,12H2,1H3/t14-,17+/m0/s1. The van der Waals surface area contributed by atoms with Gasteiger partial charge in [-0.05, 0) is 62.8 Å². The van der Waals surface area contributed by atoms with Crippen molar-refractivity contribution in [1.82, 2.24) is 19.7 Å². The van der Waals surface area contributed by atoms with E-state index in [1.165, 1.54) is 37.8 Å². The lowest BCUT2D eigenvalue weighted by atomic mass is 9.78. The molecule has 2 aromatic rings. The third kappa shape index (κ3) is 3.05. The normalized spacial score (nSPS) is 23.4. The number of amides is 1. The van der Waals surface area contributed by atoms with E-state index in [1.54, 1.807) is 16.8 Å². The number of rotatable bonds is 2. The van der Waals surface area contributed by atoms with E-state index in [0.717, 1.165) is 19.4 Å². The largest absolute Gasteiger partial charge is 0.333 e. The van der Waals surface area contributed by atoms with Gasteiger partial charge >= 0.3 is 0 Å². The maximum absolute atomic E-state index is 13.1. The van der Waals surface area contributed by atoms with Gasteiger partial charge in [-0.3, -0.25) is 4.79 Å². The van der Waals surface area contributed by atoms with E-state index < -0.39 is 0 Å². The average molecular weight is 342 g/mol. The van der Waals surface area contributed by atoms with E-state index in [0.29, 0.717) is 23.5 Å². The van der Waals surface area contributed by atoms with Crippen molar-refractivity contribution in [2.24, 2.45) is 5.92 Å².